The Bertz CT molecular complexity index is 1130. The van der Waals surface area contributed by atoms with Crippen molar-refractivity contribution >= 4 is 23.4 Å². The number of aliphatic carboxylic acids is 1. The second-order valence-electron chi connectivity index (χ2n) is 7.44. The third kappa shape index (κ3) is 4.52. The fourth-order valence-electron chi connectivity index (χ4n) is 3.92. The number of carbonyl (C=O) groups excluding carboxylic acids is 1. The van der Waals surface area contributed by atoms with Gasteiger partial charge in [-0.3, -0.25) is 10.1 Å². The number of nitro benzene ring substituents is 1. The Hall–Kier alpha value is -3.90. The number of rotatable bonds is 8. The number of carboxylic acids is 1. The highest BCUT2D eigenvalue weighted by atomic mass is 32.2. The normalized spacial score (nSPS) is 12.1. The molecule has 0 spiro atoms. The number of carbonyl (C=O) groups is 1. The standard InChI is InChI=1S/C27H21NO4S/c29-26(30)25(20-16-18-24(19-17-20)28(31)32)33-27(21-10-4-1-5-11-21,22-12-6-2-7-13-22)23-14-8-3-9-15-23/h1-19,25H,(H,29,30)/p-1. The molecular weight excluding hydrogens is 434 g/mol. The van der Waals surface area contributed by atoms with Gasteiger partial charge in [-0.05, 0) is 22.3 Å². The number of nitrogens with zero attached hydrogens (tertiary/aromatic N) is 1. The summed E-state index contributed by atoms with van der Waals surface area (Å²) in [5.74, 6) is -1.26. The van der Waals surface area contributed by atoms with Crippen LogP contribution in [0.1, 0.15) is 27.5 Å². The van der Waals surface area contributed by atoms with E-state index >= 15 is 0 Å². The molecule has 164 valence electrons. The van der Waals surface area contributed by atoms with Gasteiger partial charge in [0.1, 0.15) is 0 Å². The molecule has 33 heavy (non-hydrogen) atoms. The van der Waals surface area contributed by atoms with Gasteiger partial charge in [-0.2, -0.15) is 0 Å². The van der Waals surface area contributed by atoms with Gasteiger partial charge in [0.05, 0.1) is 20.9 Å². The summed E-state index contributed by atoms with van der Waals surface area (Å²) >= 11 is 1.24. The van der Waals surface area contributed by atoms with E-state index in [9.17, 15) is 20.0 Å². The van der Waals surface area contributed by atoms with Gasteiger partial charge in [0.25, 0.3) is 5.69 Å². The average Bonchev–Trinajstić information content (AvgIpc) is 2.86. The first-order valence-electron chi connectivity index (χ1n) is 10.3. The number of non-ortho nitro benzene ring substituents is 1. The Kier molecular flexibility index (Phi) is 6.56. The van der Waals surface area contributed by atoms with Crippen molar-refractivity contribution in [3.05, 3.63) is 148 Å². The third-order valence-electron chi connectivity index (χ3n) is 5.46. The van der Waals surface area contributed by atoms with Crippen LogP contribution >= 0.6 is 11.8 Å². The SMILES string of the molecule is O=C([O-])C(SC(c1ccccc1)(c1ccccc1)c1ccccc1)c1ccc([N+](=O)[O-])cc1. The van der Waals surface area contributed by atoms with Gasteiger partial charge in [-0.25, -0.2) is 0 Å². The lowest BCUT2D eigenvalue weighted by atomic mass is 9.84. The van der Waals surface area contributed by atoms with Crippen molar-refractivity contribution < 1.29 is 14.8 Å². The van der Waals surface area contributed by atoms with E-state index in [4.69, 9.17) is 0 Å². The second kappa shape index (κ2) is 9.71. The van der Waals surface area contributed by atoms with Crippen LogP contribution in [0.5, 0.6) is 0 Å². The molecular formula is C27H20NO4S-. The fraction of sp³-hybridized carbons (Fsp3) is 0.0741. The quantitative estimate of drug-likeness (QED) is 0.210. The Balaban J connectivity index is 1.94. The van der Waals surface area contributed by atoms with Crippen LogP contribution in [-0.4, -0.2) is 10.9 Å². The van der Waals surface area contributed by atoms with Crippen molar-refractivity contribution in [3.63, 3.8) is 0 Å². The predicted octanol–water partition coefficient (Wildman–Crippen LogP) is 5.11. The second-order valence-corrected chi connectivity index (χ2v) is 8.76. The summed E-state index contributed by atoms with van der Waals surface area (Å²) in [7, 11) is 0. The van der Waals surface area contributed by atoms with Crippen LogP contribution in [0.2, 0.25) is 0 Å². The van der Waals surface area contributed by atoms with Crippen LogP contribution in [0.3, 0.4) is 0 Å². The number of nitro groups is 1. The molecule has 0 aliphatic rings. The van der Waals surface area contributed by atoms with E-state index in [0.29, 0.717) is 5.56 Å². The Morgan fingerprint density at radius 3 is 1.42 bits per heavy atom. The molecule has 0 N–H and O–H groups in total. The molecule has 0 heterocycles. The molecule has 0 aliphatic carbocycles. The molecule has 6 heteroatoms. The van der Waals surface area contributed by atoms with Gasteiger partial charge in [-0.15, -0.1) is 11.8 Å². The Morgan fingerprint density at radius 2 is 1.09 bits per heavy atom. The summed E-state index contributed by atoms with van der Waals surface area (Å²) < 4.78 is -0.865. The van der Waals surface area contributed by atoms with Gasteiger partial charge in [0.2, 0.25) is 0 Å². The molecule has 0 fully saturated rings. The van der Waals surface area contributed by atoms with Gasteiger partial charge < -0.3 is 9.90 Å². The topological polar surface area (TPSA) is 83.3 Å². The molecule has 0 saturated carbocycles. The first kappa shape index (κ1) is 22.3. The molecule has 1 atom stereocenters. The van der Waals surface area contributed by atoms with Gasteiger partial charge in [0, 0.05) is 12.1 Å². The first-order valence-corrected chi connectivity index (χ1v) is 11.2. The van der Waals surface area contributed by atoms with E-state index in [0.717, 1.165) is 16.7 Å². The van der Waals surface area contributed by atoms with Crippen molar-refractivity contribution in [2.75, 3.05) is 0 Å². The highest BCUT2D eigenvalue weighted by molar-refractivity contribution is 8.01. The maximum absolute atomic E-state index is 12.4. The maximum Gasteiger partial charge on any atom is 0.269 e. The summed E-state index contributed by atoms with van der Waals surface area (Å²) in [6.45, 7) is 0. The van der Waals surface area contributed by atoms with Crippen LogP contribution < -0.4 is 5.11 Å². The first-order chi connectivity index (χ1) is 16.0. The third-order valence-corrected chi connectivity index (χ3v) is 7.22. The molecule has 0 bridgehead atoms. The smallest absolute Gasteiger partial charge is 0.269 e. The van der Waals surface area contributed by atoms with Gasteiger partial charge in [-0.1, -0.05) is 103 Å². The lowest BCUT2D eigenvalue weighted by Crippen LogP contribution is -2.34. The predicted molar refractivity (Wildman–Crippen MR) is 128 cm³/mol. The summed E-state index contributed by atoms with van der Waals surface area (Å²) in [5.41, 5.74) is 3.08. The van der Waals surface area contributed by atoms with Crippen LogP contribution in [0, 0.1) is 10.1 Å². The zero-order valence-corrected chi connectivity index (χ0v) is 18.4. The van der Waals surface area contributed by atoms with Crippen LogP contribution in [0.15, 0.2) is 115 Å². The summed E-state index contributed by atoms with van der Waals surface area (Å²) in [6, 6.07) is 34.8. The number of benzene rings is 4. The highest BCUT2D eigenvalue weighted by Gasteiger charge is 2.40. The molecule has 5 nitrogen and oxygen atoms in total. The van der Waals surface area contributed by atoms with E-state index in [1.54, 1.807) is 0 Å². The van der Waals surface area contributed by atoms with Crippen molar-refractivity contribution in [1.29, 1.82) is 0 Å². The van der Waals surface area contributed by atoms with Crippen molar-refractivity contribution in [1.82, 2.24) is 0 Å². The molecule has 0 aliphatic heterocycles. The van der Waals surface area contributed by atoms with Crippen molar-refractivity contribution in [3.8, 4) is 0 Å². The minimum absolute atomic E-state index is 0.0960. The molecule has 4 aromatic carbocycles. The van der Waals surface area contributed by atoms with Gasteiger partial charge >= 0.3 is 0 Å². The minimum Gasteiger partial charge on any atom is -0.549 e. The maximum atomic E-state index is 12.4. The molecule has 0 aromatic heterocycles. The molecule has 0 amide bonds. The Morgan fingerprint density at radius 1 is 0.697 bits per heavy atom. The van der Waals surface area contributed by atoms with Crippen molar-refractivity contribution in [2.24, 2.45) is 0 Å². The summed E-state index contributed by atoms with van der Waals surface area (Å²) in [5, 5.41) is 22.4. The van der Waals surface area contributed by atoms with Crippen LogP contribution in [-0.2, 0) is 9.54 Å². The zero-order chi connectivity index (χ0) is 23.3. The lowest BCUT2D eigenvalue weighted by Gasteiger charge is -2.38. The van der Waals surface area contributed by atoms with E-state index in [2.05, 4.69) is 0 Å². The van der Waals surface area contributed by atoms with E-state index in [1.165, 1.54) is 36.0 Å². The average molecular weight is 455 g/mol. The minimum atomic E-state index is -1.26. The lowest BCUT2D eigenvalue weighted by molar-refractivity contribution is -0.384. The Labute approximate surface area is 195 Å². The molecule has 4 aromatic rings. The van der Waals surface area contributed by atoms with Gasteiger partial charge in [0.15, 0.2) is 0 Å². The monoisotopic (exact) mass is 454 g/mol. The summed E-state index contributed by atoms with van der Waals surface area (Å²) in [6.07, 6.45) is 0. The molecule has 1 unspecified atom stereocenters. The number of thioether (sulfide) groups is 1. The number of hydrogen-bond acceptors (Lipinski definition) is 5. The van der Waals surface area contributed by atoms with Crippen LogP contribution in [0.25, 0.3) is 0 Å². The zero-order valence-electron chi connectivity index (χ0n) is 17.5. The summed E-state index contributed by atoms with van der Waals surface area (Å²) in [4.78, 5) is 23.0. The molecule has 4 rings (SSSR count). The fourth-order valence-corrected chi connectivity index (χ4v) is 5.48. The van der Waals surface area contributed by atoms with Crippen LogP contribution in [0.4, 0.5) is 5.69 Å². The molecule has 0 saturated heterocycles. The van der Waals surface area contributed by atoms with Crippen molar-refractivity contribution in [2.45, 2.75) is 10.00 Å². The largest absolute Gasteiger partial charge is 0.549 e. The van der Waals surface area contributed by atoms with E-state index in [1.807, 2.05) is 91.0 Å². The highest BCUT2D eigenvalue weighted by Crippen LogP contribution is 2.53. The number of hydrogen-bond donors (Lipinski definition) is 0. The van der Waals surface area contributed by atoms with E-state index < -0.39 is 20.9 Å². The number of carboxylic acid groups (broad SMARTS) is 1. The molecule has 0 radical (unpaired) electrons. The van der Waals surface area contributed by atoms with E-state index in [-0.39, 0.29) is 5.69 Å².